The molecule has 1 aromatic heterocycles. The quantitative estimate of drug-likeness (QED) is 0.841. The van der Waals surface area contributed by atoms with E-state index in [1.165, 1.54) is 25.3 Å². The fraction of sp³-hybridized carbons (Fsp3) is 0.0909. The molecular weight excluding hydrogens is 225 g/mol. The van der Waals surface area contributed by atoms with E-state index in [9.17, 15) is 9.18 Å². The number of primary amides is 1. The number of methoxy groups -OCH3 is 1. The molecule has 2 aromatic rings. The molecule has 0 spiro atoms. The van der Waals surface area contributed by atoms with Gasteiger partial charge in [0.1, 0.15) is 17.3 Å². The van der Waals surface area contributed by atoms with Crippen LogP contribution >= 0.6 is 0 Å². The average Bonchev–Trinajstić information content (AvgIpc) is 2.78. The van der Waals surface area contributed by atoms with E-state index in [0.29, 0.717) is 11.4 Å². The van der Waals surface area contributed by atoms with Crippen molar-refractivity contribution in [2.24, 2.45) is 5.73 Å². The van der Waals surface area contributed by atoms with Crippen molar-refractivity contribution in [2.45, 2.75) is 0 Å². The second kappa shape index (κ2) is 4.25. The van der Waals surface area contributed by atoms with Crippen molar-refractivity contribution >= 4 is 5.91 Å². The average molecular weight is 235 g/mol. The van der Waals surface area contributed by atoms with E-state index in [1.807, 2.05) is 0 Å². The number of hydrogen-bond acceptors (Lipinski definition) is 3. The molecule has 6 heteroatoms. The minimum absolute atomic E-state index is 0.134. The van der Waals surface area contributed by atoms with Gasteiger partial charge in [0.25, 0.3) is 5.91 Å². The number of nitrogens with two attached hydrogens (primary N) is 1. The SMILES string of the molecule is COc1ccc(-c2cc(C(N)=O)[nH]n2)c(F)c1. The molecule has 0 saturated heterocycles. The number of halogens is 1. The van der Waals surface area contributed by atoms with Crippen molar-refractivity contribution in [3.63, 3.8) is 0 Å². The van der Waals surface area contributed by atoms with Gasteiger partial charge < -0.3 is 10.5 Å². The van der Waals surface area contributed by atoms with E-state index in [-0.39, 0.29) is 11.3 Å². The number of hydrogen-bond donors (Lipinski definition) is 2. The smallest absolute Gasteiger partial charge is 0.266 e. The van der Waals surface area contributed by atoms with Gasteiger partial charge in [-0.15, -0.1) is 0 Å². The Balaban J connectivity index is 2.42. The number of rotatable bonds is 3. The van der Waals surface area contributed by atoms with Crippen molar-refractivity contribution in [1.82, 2.24) is 10.2 Å². The summed E-state index contributed by atoms with van der Waals surface area (Å²) in [4.78, 5) is 10.9. The lowest BCUT2D eigenvalue weighted by molar-refractivity contribution is 0.0995. The molecule has 3 N–H and O–H groups in total. The Hall–Kier alpha value is -2.37. The van der Waals surface area contributed by atoms with Gasteiger partial charge in [-0.3, -0.25) is 9.89 Å². The molecule has 0 unspecified atom stereocenters. The van der Waals surface area contributed by atoms with E-state index in [4.69, 9.17) is 10.5 Å². The van der Waals surface area contributed by atoms with E-state index >= 15 is 0 Å². The van der Waals surface area contributed by atoms with Gasteiger partial charge in [0, 0.05) is 11.6 Å². The van der Waals surface area contributed by atoms with Crippen LogP contribution in [-0.4, -0.2) is 23.2 Å². The zero-order chi connectivity index (χ0) is 12.4. The summed E-state index contributed by atoms with van der Waals surface area (Å²) in [6.07, 6.45) is 0. The predicted molar refractivity (Wildman–Crippen MR) is 59.1 cm³/mol. The van der Waals surface area contributed by atoms with Gasteiger partial charge in [0.2, 0.25) is 0 Å². The minimum Gasteiger partial charge on any atom is -0.497 e. The second-order valence-corrected chi connectivity index (χ2v) is 3.38. The molecule has 0 aliphatic carbocycles. The Labute approximate surface area is 96.4 Å². The molecule has 0 fully saturated rings. The first-order chi connectivity index (χ1) is 8.11. The third kappa shape index (κ3) is 2.10. The maximum absolute atomic E-state index is 13.7. The number of carbonyl (C=O) groups is 1. The topological polar surface area (TPSA) is 81.0 Å². The number of H-pyrrole nitrogens is 1. The fourth-order valence-corrected chi connectivity index (χ4v) is 1.42. The first-order valence-electron chi connectivity index (χ1n) is 4.81. The van der Waals surface area contributed by atoms with Gasteiger partial charge in [0.05, 0.1) is 12.8 Å². The van der Waals surface area contributed by atoms with E-state index in [2.05, 4.69) is 10.2 Å². The van der Waals surface area contributed by atoms with Gasteiger partial charge in [-0.1, -0.05) is 0 Å². The zero-order valence-electron chi connectivity index (χ0n) is 9.03. The monoisotopic (exact) mass is 235 g/mol. The summed E-state index contributed by atoms with van der Waals surface area (Å²) in [6, 6.07) is 5.77. The molecule has 0 bridgehead atoms. The van der Waals surface area contributed by atoms with Gasteiger partial charge in [-0.05, 0) is 18.2 Å². The molecule has 0 saturated carbocycles. The highest BCUT2D eigenvalue weighted by Gasteiger charge is 2.12. The van der Waals surface area contributed by atoms with Crippen molar-refractivity contribution in [1.29, 1.82) is 0 Å². The molecule has 1 aromatic carbocycles. The highest BCUT2D eigenvalue weighted by atomic mass is 19.1. The summed E-state index contributed by atoms with van der Waals surface area (Å²) >= 11 is 0. The number of nitrogens with one attached hydrogen (secondary N) is 1. The van der Waals surface area contributed by atoms with Crippen LogP contribution in [0.3, 0.4) is 0 Å². The van der Waals surface area contributed by atoms with Crippen LogP contribution in [0.25, 0.3) is 11.3 Å². The number of amides is 1. The molecular formula is C11H10FN3O2. The van der Waals surface area contributed by atoms with Crippen molar-refractivity contribution < 1.29 is 13.9 Å². The molecule has 0 aliphatic rings. The van der Waals surface area contributed by atoms with Gasteiger partial charge in [-0.2, -0.15) is 5.10 Å². The molecule has 1 heterocycles. The molecule has 0 aliphatic heterocycles. The summed E-state index contributed by atoms with van der Waals surface area (Å²) in [5.74, 6) is -0.707. The number of benzene rings is 1. The molecule has 0 radical (unpaired) electrons. The minimum atomic E-state index is -0.641. The summed E-state index contributed by atoms with van der Waals surface area (Å²) in [7, 11) is 1.45. The first-order valence-corrected chi connectivity index (χ1v) is 4.81. The van der Waals surface area contributed by atoms with Gasteiger partial charge in [-0.25, -0.2) is 4.39 Å². The first kappa shape index (κ1) is 11.1. The normalized spacial score (nSPS) is 10.2. The number of nitrogens with zero attached hydrogens (tertiary/aromatic N) is 1. The van der Waals surface area contributed by atoms with Gasteiger partial charge in [0.15, 0.2) is 0 Å². The van der Waals surface area contributed by atoms with Crippen LogP contribution in [0.4, 0.5) is 4.39 Å². The maximum Gasteiger partial charge on any atom is 0.266 e. The number of aromatic amines is 1. The summed E-state index contributed by atoms with van der Waals surface area (Å²) in [5.41, 5.74) is 5.79. The van der Waals surface area contributed by atoms with Crippen molar-refractivity contribution in [3.05, 3.63) is 35.8 Å². The Kier molecular flexibility index (Phi) is 2.78. The second-order valence-electron chi connectivity index (χ2n) is 3.38. The molecule has 1 amide bonds. The highest BCUT2D eigenvalue weighted by Crippen LogP contribution is 2.24. The van der Waals surface area contributed by atoms with E-state index in [0.717, 1.165) is 0 Å². The summed E-state index contributed by atoms with van der Waals surface area (Å²) in [6.45, 7) is 0. The summed E-state index contributed by atoms with van der Waals surface area (Å²) < 4.78 is 18.6. The third-order valence-electron chi connectivity index (χ3n) is 2.30. The molecule has 88 valence electrons. The largest absolute Gasteiger partial charge is 0.497 e. The number of carbonyl (C=O) groups excluding carboxylic acids is 1. The highest BCUT2D eigenvalue weighted by molar-refractivity contribution is 5.91. The standard InChI is InChI=1S/C11H10FN3O2/c1-17-6-2-3-7(8(12)4-6)9-5-10(11(13)16)15-14-9/h2-5H,1H3,(H2,13,16)(H,14,15). The van der Waals surface area contributed by atoms with Crippen LogP contribution in [-0.2, 0) is 0 Å². The molecule has 17 heavy (non-hydrogen) atoms. The Morgan fingerprint density at radius 3 is 2.76 bits per heavy atom. The predicted octanol–water partition coefficient (Wildman–Crippen LogP) is 1.32. The lowest BCUT2D eigenvalue weighted by atomic mass is 10.1. The molecule has 5 nitrogen and oxygen atoms in total. The maximum atomic E-state index is 13.7. The van der Waals surface area contributed by atoms with Crippen LogP contribution < -0.4 is 10.5 Å². The van der Waals surface area contributed by atoms with Crippen molar-refractivity contribution in [2.75, 3.05) is 7.11 Å². The number of aromatic nitrogens is 2. The zero-order valence-corrected chi connectivity index (χ0v) is 9.03. The van der Waals surface area contributed by atoms with Crippen LogP contribution in [0.1, 0.15) is 10.5 Å². The van der Waals surface area contributed by atoms with E-state index in [1.54, 1.807) is 6.07 Å². The third-order valence-corrected chi connectivity index (χ3v) is 2.30. The fourth-order valence-electron chi connectivity index (χ4n) is 1.42. The van der Waals surface area contributed by atoms with Crippen LogP contribution in [0, 0.1) is 5.82 Å². The van der Waals surface area contributed by atoms with Crippen LogP contribution in [0.2, 0.25) is 0 Å². The van der Waals surface area contributed by atoms with Gasteiger partial charge >= 0.3 is 0 Å². The van der Waals surface area contributed by atoms with Crippen LogP contribution in [0.15, 0.2) is 24.3 Å². The van der Waals surface area contributed by atoms with E-state index < -0.39 is 11.7 Å². The number of ether oxygens (including phenoxy) is 1. The Morgan fingerprint density at radius 1 is 1.47 bits per heavy atom. The molecule has 2 rings (SSSR count). The van der Waals surface area contributed by atoms with Crippen LogP contribution in [0.5, 0.6) is 5.75 Å². The summed E-state index contributed by atoms with van der Waals surface area (Å²) in [5, 5.41) is 6.25. The lowest BCUT2D eigenvalue weighted by Gasteiger charge is -2.02. The Morgan fingerprint density at radius 2 is 2.24 bits per heavy atom. The molecule has 0 atom stereocenters. The Bertz CT molecular complexity index is 566. The van der Waals surface area contributed by atoms with Crippen molar-refractivity contribution in [3.8, 4) is 17.0 Å². The lowest BCUT2D eigenvalue weighted by Crippen LogP contribution is -2.10.